The number of hydrogen-bond donors (Lipinski definition) is 2. The third kappa shape index (κ3) is 3.47. The lowest BCUT2D eigenvalue weighted by atomic mass is 9.49. The zero-order valence-corrected chi connectivity index (χ0v) is 19.5. The van der Waals surface area contributed by atoms with Gasteiger partial charge in [0, 0.05) is 11.8 Å². The average Bonchev–Trinajstić information content (AvgIpc) is 3.00. The van der Waals surface area contributed by atoms with Crippen LogP contribution in [0.4, 0.5) is 0 Å². The first-order valence-corrected chi connectivity index (χ1v) is 12.4. The van der Waals surface area contributed by atoms with Crippen LogP contribution in [0.25, 0.3) is 0 Å². The van der Waals surface area contributed by atoms with E-state index in [1.807, 2.05) is 0 Å². The highest BCUT2D eigenvalue weighted by Gasteiger charge is 2.58. The second-order valence-electron chi connectivity index (χ2n) is 11.9. The number of hydrogen-bond acceptors (Lipinski definition) is 2. The molecule has 0 aromatic heterocycles. The molecule has 0 saturated heterocycles. The van der Waals surface area contributed by atoms with Gasteiger partial charge in [-0.25, -0.2) is 0 Å². The predicted octanol–water partition coefficient (Wildman–Crippen LogP) is 6.28. The van der Waals surface area contributed by atoms with Crippen LogP contribution in [0.3, 0.4) is 0 Å². The van der Waals surface area contributed by atoms with E-state index in [0.29, 0.717) is 23.7 Å². The molecule has 0 amide bonds. The molecule has 0 aromatic carbocycles. The van der Waals surface area contributed by atoms with Crippen LogP contribution in [0.15, 0.2) is 23.3 Å². The van der Waals surface area contributed by atoms with E-state index in [1.165, 1.54) is 50.5 Å². The summed E-state index contributed by atoms with van der Waals surface area (Å²) in [6.07, 6.45) is 14.5. The van der Waals surface area contributed by atoms with Gasteiger partial charge in [0.2, 0.25) is 0 Å². The lowest BCUT2D eigenvalue weighted by Gasteiger charge is -2.56. The minimum Gasteiger partial charge on any atom is -0.393 e. The maximum absolute atomic E-state index is 11.0. The van der Waals surface area contributed by atoms with Crippen LogP contribution in [-0.4, -0.2) is 22.4 Å². The van der Waals surface area contributed by atoms with Crippen LogP contribution in [0, 0.1) is 40.4 Å². The van der Waals surface area contributed by atoms with E-state index in [9.17, 15) is 10.2 Å². The Morgan fingerprint density at radius 2 is 1.76 bits per heavy atom. The van der Waals surface area contributed by atoms with Crippen LogP contribution < -0.4 is 0 Å². The monoisotopic (exact) mass is 400 g/mol. The molecule has 0 bridgehead atoms. The summed E-state index contributed by atoms with van der Waals surface area (Å²) in [5.41, 5.74) is 3.20. The van der Waals surface area contributed by atoms with E-state index >= 15 is 0 Å². The molecule has 4 aliphatic carbocycles. The molecule has 29 heavy (non-hydrogen) atoms. The van der Waals surface area contributed by atoms with Gasteiger partial charge >= 0.3 is 0 Å². The smallest absolute Gasteiger partial charge is 0.0661 e. The van der Waals surface area contributed by atoms with E-state index in [-0.39, 0.29) is 11.5 Å². The Morgan fingerprint density at radius 3 is 2.48 bits per heavy atom. The van der Waals surface area contributed by atoms with Crippen molar-refractivity contribution in [1.29, 1.82) is 0 Å². The largest absolute Gasteiger partial charge is 0.393 e. The first-order valence-electron chi connectivity index (χ1n) is 12.4. The topological polar surface area (TPSA) is 40.5 Å². The highest BCUT2D eigenvalue weighted by molar-refractivity contribution is 5.40. The predicted molar refractivity (Wildman–Crippen MR) is 120 cm³/mol. The molecule has 0 spiro atoms. The van der Waals surface area contributed by atoms with Crippen molar-refractivity contribution in [2.24, 2.45) is 40.4 Å². The third-order valence-corrected chi connectivity index (χ3v) is 9.85. The van der Waals surface area contributed by atoms with Crippen molar-refractivity contribution in [2.75, 3.05) is 0 Å². The number of fused-ring (bicyclic) bond motifs is 5. The van der Waals surface area contributed by atoms with Crippen LogP contribution in [0.2, 0.25) is 0 Å². The van der Waals surface area contributed by atoms with Crippen molar-refractivity contribution in [3.8, 4) is 0 Å². The minimum absolute atomic E-state index is 0.161. The fraction of sp³-hybridized carbons (Fsp3) is 0.852. The highest BCUT2D eigenvalue weighted by atomic mass is 16.3. The Kier molecular flexibility index (Phi) is 5.84. The zero-order valence-electron chi connectivity index (χ0n) is 19.5. The SMILES string of the molecule is CC(C)CCC[C@@H](C)[C@H]1CC[C@H]2C3=CC=C4C[C@@H](O)C[C@H](O)[C@]4(C)[C@H]3CC[C@]12C. The summed E-state index contributed by atoms with van der Waals surface area (Å²) in [7, 11) is 0. The normalized spacial score (nSPS) is 45.2. The van der Waals surface area contributed by atoms with Crippen LogP contribution in [0.1, 0.15) is 92.4 Å². The summed E-state index contributed by atoms with van der Waals surface area (Å²) in [5.74, 6) is 3.64. The van der Waals surface area contributed by atoms with Gasteiger partial charge in [0.1, 0.15) is 0 Å². The van der Waals surface area contributed by atoms with E-state index < -0.39 is 6.10 Å². The maximum Gasteiger partial charge on any atom is 0.0661 e. The molecule has 2 nitrogen and oxygen atoms in total. The fourth-order valence-electron chi connectivity index (χ4n) is 8.07. The molecule has 0 aromatic rings. The summed E-state index contributed by atoms with van der Waals surface area (Å²) >= 11 is 0. The molecule has 8 atom stereocenters. The molecule has 0 unspecified atom stereocenters. The Labute approximate surface area is 178 Å². The lowest BCUT2D eigenvalue weighted by molar-refractivity contribution is -0.0544. The Bertz CT molecular complexity index is 676. The van der Waals surface area contributed by atoms with Gasteiger partial charge in [-0.05, 0) is 67.1 Å². The summed E-state index contributed by atoms with van der Waals surface area (Å²) in [6.45, 7) is 12.1. The van der Waals surface area contributed by atoms with Crippen molar-refractivity contribution in [1.82, 2.24) is 0 Å². The molecular formula is C27H44O2. The zero-order chi connectivity index (χ0) is 21.0. The highest BCUT2D eigenvalue weighted by Crippen LogP contribution is 2.66. The van der Waals surface area contributed by atoms with E-state index in [0.717, 1.165) is 24.2 Å². The van der Waals surface area contributed by atoms with Gasteiger partial charge < -0.3 is 10.2 Å². The average molecular weight is 401 g/mol. The Morgan fingerprint density at radius 1 is 1.00 bits per heavy atom. The van der Waals surface area contributed by atoms with Crippen molar-refractivity contribution < 1.29 is 10.2 Å². The van der Waals surface area contributed by atoms with Gasteiger partial charge in [-0.15, -0.1) is 0 Å². The molecule has 0 radical (unpaired) electrons. The molecule has 4 aliphatic rings. The molecule has 0 heterocycles. The number of allylic oxidation sites excluding steroid dienone is 3. The van der Waals surface area contributed by atoms with E-state index in [2.05, 4.69) is 46.8 Å². The quantitative estimate of drug-likeness (QED) is 0.570. The number of aliphatic hydroxyl groups is 2. The van der Waals surface area contributed by atoms with Crippen molar-refractivity contribution >= 4 is 0 Å². The molecule has 2 N–H and O–H groups in total. The molecule has 4 rings (SSSR count). The van der Waals surface area contributed by atoms with Gasteiger partial charge in [0.05, 0.1) is 12.2 Å². The standard InChI is InChI=1S/C27H44O2/c1-17(2)7-6-8-18(3)22-11-12-23-21-10-9-19-15-20(28)16-25(29)27(19,5)24(21)13-14-26(22,23)4/h9-10,17-18,20,22-25,28-29H,6-8,11-16H2,1-5H3/t18-,20-,22-,23+,24+,25+,26-,27+/m1/s1. The second kappa shape index (κ2) is 7.83. The molecule has 164 valence electrons. The summed E-state index contributed by atoms with van der Waals surface area (Å²) < 4.78 is 0. The third-order valence-electron chi connectivity index (χ3n) is 9.85. The van der Waals surface area contributed by atoms with Crippen molar-refractivity contribution in [3.63, 3.8) is 0 Å². The summed E-state index contributed by atoms with van der Waals surface area (Å²) in [6, 6.07) is 0. The van der Waals surface area contributed by atoms with Crippen molar-refractivity contribution in [3.05, 3.63) is 23.3 Å². The van der Waals surface area contributed by atoms with Crippen LogP contribution in [0.5, 0.6) is 0 Å². The van der Waals surface area contributed by atoms with Gasteiger partial charge in [0.15, 0.2) is 0 Å². The molecule has 3 fully saturated rings. The first kappa shape index (κ1) is 21.6. The second-order valence-corrected chi connectivity index (χ2v) is 11.9. The molecule has 2 heteroatoms. The van der Waals surface area contributed by atoms with Crippen LogP contribution in [-0.2, 0) is 0 Å². The Balaban J connectivity index is 1.55. The minimum atomic E-state index is -0.414. The van der Waals surface area contributed by atoms with Gasteiger partial charge in [-0.2, -0.15) is 0 Å². The Hall–Kier alpha value is -0.600. The first-order chi connectivity index (χ1) is 13.7. The number of rotatable bonds is 5. The van der Waals surface area contributed by atoms with Gasteiger partial charge in [-0.1, -0.05) is 77.2 Å². The van der Waals surface area contributed by atoms with Crippen molar-refractivity contribution in [2.45, 2.75) is 105 Å². The van der Waals surface area contributed by atoms with Gasteiger partial charge in [-0.3, -0.25) is 0 Å². The molecule has 0 aliphatic heterocycles. The number of aliphatic hydroxyl groups excluding tert-OH is 2. The van der Waals surface area contributed by atoms with E-state index in [1.54, 1.807) is 5.57 Å². The van der Waals surface area contributed by atoms with Gasteiger partial charge in [0.25, 0.3) is 0 Å². The fourth-order valence-corrected chi connectivity index (χ4v) is 8.07. The van der Waals surface area contributed by atoms with Crippen LogP contribution >= 0.6 is 0 Å². The lowest BCUT2D eigenvalue weighted by Crippen LogP contribution is -2.52. The molecular weight excluding hydrogens is 356 g/mol. The summed E-state index contributed by atoms with van der Waals surface area (Å²) in [5, 5.41) is 21.2. The molecule has 3 saturated carbocycles. The maximum atomic E-state index is 11.0. The summed E-state index contributed by atoms with van der Waals surface area (Å²) in [4.78, 5) is 0. The van der Waals surface area contributed by atoms with E-state index in [4.69, 9.17) is 0 Å².